The number of hydrogen-bond acceptors (Lipinski definition) is 2. The van der Waals surface area contributed by atoms with Gasteiger partial charge in [-0.1, -0.05) is 11.6 Å². The zero-order chi connectivity index (χ0) is 16.7. The van der Waals surface area contributed by atoms with E-state index in [2.05, 4.69) is 46.6 Å². The van der Waals surface area contributed by atoms with Crippen LogP contribution >= 0.6 is 0 Å². The van der Waals surface area contributed by atoms with E-state index in [-0.39, 0.29) is 0 Å². The minimum atomic E-state index is -0.399. The van der Waals surface area contributed by atoms with Crippen molar-refractivity contribution in [3.63, 3.8) is 0 Å². The van der Waals surface area contributed by atoms with Crippen LogP contribution in [0.25, 0.3) is 10.9 Å². The van der Waals surface area contributed by atoms with E-state index in [1.54, 1.807) is 6.20 Å². The molecule has 3 nitrogen and oxygen atoms in total. The molecular formula is C20H22FN3. The van der Waals surface area contributed by atoms with Gasteiger partial charge in [0.25, 0.3) is 0 Å². The summed E-state index contributed by atoms with van der Waals surface area (Å²) in [7, 11) is 2.18. The van der Waals surface area contributed by atoms with Gasteiger partial charge < -0.3 is 9.47 Å². The zero-order valence-electron chi connectivity index (χ0n) is 14.2. The number of likely N-dealkylation sites (N-methyl/N-ethyl adjacent to an activating group) is 1. The minimum absolute atomic E-state index is 0.399. The molecule has 0 N–H and O–H groups in total. The highest BCUT2D eigenvalue weighted by molar-refractivity contribution is 5.86. The number of rotatable bonds is 3. The van der Waals surface area contributed by atoms with Crippen molar-refractivity contribution in [2.45, 2.75) is 32.9 Å². The van der Waals surface area contributed by atoms with Crippen LogP contribution in [0.3, 0.4) is 0 Å². The number of fused-ring (bicyclic) bond motifs is 3. The quantitative estimate of drug-likeness (QED) is 0.685. The van der Waals surface area contributed by atoms with Crippen molar-refractivity contribution in [1.29, 1.82) is 0 Å². The standard InChI is InChI=1S/C20H22FN3/c1-14-3-4-18-16(11-14)17-13-23(2)9-7-19(17)24(18)10-6-15-5-8-22-20(21)12-15/h3-5,8,11-12H,6-7,9-10,13H2,1-2H3. The number of hydrogen-bond donors (Lipinski definition) is 0. The molecule has 0 saturated carbocycles. The van der Waals surface area contributed by atoms with Gasteiger partial charge in [-0.3, -0.25) is 0 Å². The Hall–Kier alpha value is -2.20. The molecule has 4 heteroatoms. The van der Waals surface area contributed by atoms with E-state index in [9.17, 15) is 4.39 Å². The fraction of sp³-hybridized carbons (Fsp3) is 0.350. The molecule has 3 aromatic rings. The molecule has 0 spiro atoms. The summed E-state index contributed by atoms with van der Waals surface area (Å²) < 4.78 is 15.8. The Kier molecular flexibility index (Phi) is 3.85. The van der Waals surface area contributed by atoms with Crippen molar-refractivity contribution < 1.29 is 4.39 Å². The first-order chi connectivity index (χ1) is 11.6. The lowest BCUT2D eigenvalue weighted by atomic mass is 10.0. The third kappa shape index (κ3) is 2.71. The predicted octanol–water partition coefficient (Wildman–Crippen LogP) is 3.71. The molecule has 0 fully saturated rings. The van der Waals surface area contributed by atoms with Crippen molar-refractivity contribution in [3.8, 4) is 0 Å². The summed E-state index contributed by atoms with van der Waals surface area (Å²) in [5.74, 6) is -0.399. The Morgan fingerprint density at radius 2 is 2.08 bits per heavy atom. The number of benzene rings is 1. The van der Waals surface area contributed by atoms with E-state index in [1.807, 2.05) is 6.07 Å². The monoisotopic (exact) mass is 323 g/mol. The molecule has 2 aromatic heterocycles. The van der Waals surface area contributed by atoms with Crippen LogP contribution in [0.15, 0.2) is 36.5 Å². The van der Waals surface area contributed by atoms with Gasteiger partial charge in [0.2, 0.25) is 5.95 Å². The lowest BCUT2D eigenvalue weighted by Crippen LogP contribution is -2.27. The number of nitrogens with zero attached hydrogens (tertiary/aromatic N) is 3. The van der Waals surface area contributed by atoms with Gasteiger partial charge in [0.05, 0.1) is 0 Å². The number of halogens is 1. The second-order valence-corrected chi connectivity index (χ2v) is 6.82. The Bertz CT molecular complexity index is 897. The molecule has 1 aliphatic rings. The summed E-state index contributed by atoms with van der Waals surface area (Å²) in [6.45, 7) is 5.12. The molecule has 0 saturated heterocycles. The van der Waals surface area contributed by atoms with Gasteiger partial charge in [-0.2, -0.15) is 4.39 Å². The second-order valence-electron chi connectivity index (χ2n) is 6.82. The molecule has 0 unspecified atom stereocenters. The van der Waals surface area contributed by atoms with E-state index < -0.39 is 5.95 Å². The maximum absolute atomic E-state index is 13.3. The molecule has 0 bridgehead atoms. The van der Waals surface area contributed by atoms with Crippen LogP contribution in [-0.4, -0.2) is 28.0 Å². The molecule has 3 heterocycles. The molecule has 1 aromatic carbocycles. The summed E-state index contributed by atoms with van der Waals surface area (Å²) in [6.07, 6.45) is 3.44. The van der Waals surface area contributed by atoms with Crippen molar-refractivity contribution in [3.05, 3.63) is 64.9 Å². The summed E-state index contributed by atoms with van der Waals surface area (Å²) in [5.41, 5.74) is 6.51. The summed E-state index contributed by atoms with van der Waals surface area (Å²) >= 11 is 0. The lowest BCUT2D eigenvalue weighted by Gasteiger charge is -2.24. The molecule has 0 amide bonds. The largest absolute Gasteiger partial charge is 0.344 e. The summed E-state index contributed by atoms with van der Waals surface area (Å²) in [5, 5.41) is 1.37. The van der Waals surface area contributed by atoms with E-state index >= 15 is 0 Å². The Morgan fingerprint density at radius 1 is 1.21 bits per heavy atom. The van der Waals surface area contributed by atoms with Crippen molar-refractivity contribution >= 4 is 10.9 Å². The van der Waals surface area contributed by atoms with Gasteiger partial charge in [-0.25, -0.2) is 4.98 Å². The van der Waals surface area contributed by atoms with Gasteiger partial charge in [0.1, 0.15) is 0 Å². The molecule has 0 radical (unpaired) electrons. The number of pyridine rings is 1. The van der Waals surface area contributed by atoms with Gasteiger partial charge in [0, 0.05) is 48.8 Å². The van der Waals surface area contributed by atoms with Gasteiger partial charge in [-0.15, -0.1) is 0 Å². The number of aryl methyl sites for hydroxylation is 3. The first-order valence-electron chi connectivity index (χ1n) is 8.51. The zero-order valence-corrected chi connectivity index (χ0v) is 14.2. The van der Waals surface area contributed by atoms with Crippen molar-refractivity contribution in [2.75, 3.05) is 13.6 Å². The topological polar surface area (TPSA) is 21.1 Å². The maximum atomic E-state index is 13.3. The van der Waals surface area contributed by atoms with Crippen LogP contribution in [-0.2, 0) is 25.9 Å². The fourth-order valence-electron chi connectivity index (χ4n) is 3.79. The van der Waals surface area contributed by atoms with Crippen LogP contribution in [0, 0.1) is 12.9 Å². The van der Waals surface area contributed by atoms with Crippen molar-refractivity contribution in [1.82, 2.24) is 14.5 Å². The first-order valence-corrected chi connectivity index (χ1v) is 8.51. The summed E-state index contributed by atoms with van der Waals surface area (Å²) in [6, 6.07) is 10.2. The van der Waals surface area contributed by atoms with E-state index in [0.29, 0.717) is 0 Å². The smallest absolute Gasteiger partial charge is 0.213 e. The Balaban J connectivity index is 1.74. The minimum Gasteiger partial charge on any atom is -0.344 e. The Morgan fingerprint density at radius 3 is 2.92 bits per heavy atom. The maximum Gasteiger partial charge on any atom is 0.213 e. The van der Waals surface area contributed by atoms with Gasteiger partial charge in [-0.05, 0) is 55.8 Å². The Labute approximate surface area is 141 Å². The van der Waals surface area contributed by atoms with Crippen LogP contribution in [0.1, 0.15) is 22.4 Å². The molecule has 1 aliphatic heterocycles. The highest BCUT2D eigenvalue weighted by Crippen LogP contribution is 2.31. The van der Waals surface area contributed by atoms with Crippen LogP contribution in [0.5, 0.6) is 0 Å². The van der Waals surface area contributed by atoms with Crippen LogP contribution in [0.4, 0.5) is 4.39 Å². The fourth-order valence-corrected chi connectivity index (χ4v) is 3.79. The molecule has 124 valence electrons. The van der Waals surface area contributed by atoms with E-state index in [1.165, 1.54) is 33.8 Å². The highest BCUT2D eigenvalue weighted by Gasteiger charge is 2.22. The van der Waals surface area contributed by atoms with Gasteiger partial charge >= 0.3 is 0 Å². The first kappa shape index (κ1) is 15.3. The molecule has 24 heavy (non-hydrogen) atoms. The SMILES string of the molecule is Cc1ccc2c(c1)c1c(n2CCc2ccnc(F)c2)CCN(C)C1. The average molecular weight is 323 g/mol. The average Bonchev–Trinajstić information content (AvgIpc) is 2.85. The van der Waals surface area contributed by atoms with E-state index in [4.69, 9.17) is 0 Å². The molecule has 4 rings (SSSR count). The summed E-state index contributed by atoms with van der Waals surface area (Å²) in [4.78, 5) is 6.03. The third-order valence-corrected chi connectivity index (χ3v) is 5.02. The van der Waals surface area contributed by atoms with Crippen molar-refractivity contribution in [2.24, 2.45) is 0 Å². The predicted molar refractivity (Wildman–Crippen MR) is 94.6 cm³/mol. The third-order valence-electron chi connectivity index (χ3n) is 5.02. The molecular weight excluding hydrogens is 301 g/mol. The number of aromatic nitrogens is 2. The highest BCUT2D eigenvalue weighted by atomic mass is 19.1. The normalized spacial score (nSPS) is 15.0. The van der Waals surface area contributed by atoms with Crippen LogP contribution in [0.2, 0.25) is 0 Å². The molecule has 0 atom stereocenters. The van der Waals surface area contributed by atoms with Gasteiger partial charge in [0.15, 0.2) is 0 Å². The second kappa shape index (κ2) is 6.02. The lowest BCUT2D eigenvalue weighted by molar-refractivity contribution is 0.309. The van der Waals surface area contributed by atoms with E-state index in [0.717, 1.165) is 38.0 Å². The molecule has 0 aliphatic carbocycles. The van der Waals surface area contributed by atoms with Crippen LogP contribution < -0.4 is 0 Å².